The number of ether oxygens (including phenoxy) is 1. The van der Waals surface area contributed by atoms with E-state index in [9.17, 15) is 9.59 Å². The molecular formula is C22H26N2O3S. The summed E-state index contributed by atoms with van der Waals surface area (Å²) in [5.74, 6) is 0.612. The molecule has 6 heteroatoms. The molecule has 1 saturated heterocycles. The van der Waals surface area contributed by atoms with Gasteiger partial charge in [-0.3, -0.25) is 9.59 Å². The van der Waals surface area contributed by atoms with Crippen LogP contribution >= 0.6 is 12.6 Å². The van der Waals surface area contributed by atoms with E-state index < -0.39 is 0 Å². The van der Waals surface area contributed by atoms with Crippen molar-refractivity contribution in [2.45, 2.75) is 37.6 Å². The molecule has 2 aromatic rings. The van der Waals surface area contributed by atoms with Gasteiger partial charge in [-0.2, -0.15) is 0 Å². The van der Waals surface area contributed by atoms with Crippen molar-refractivity contribution in [2.24, 2.45) is 0 Å². The number of amides is 2. The first-order valence-electron chi connectivity index (χ1n) is 9.51. The fraction of sp³-hybridized carbons (Fsp3) is 0.364. The highest BCUT2D eigenvalue weighted by molar-refractivity contribution is 7.80. The molecule has 1 N–H and O–H groups in total. The van der Waals surface area contributed by atoms with Crippen LogP contribution in [0.2, 0.25) is 0 Å². The summed E-state index contributed by atoms with van der Waals surface area (Å²) in [6.45, 7) is 5.28. The third-order valence-corrected chi connectivity index (χ3v) is 5.63. The van der Waals surface area contributed by atoms with Crippen LogP contribution in [-0.2, 0) is 4.79 Å². The molecule has 28 heavy (non-hydrogen) atoms. The number of hydrogen-bond acceptors (Lipinski definition) is 4. The van der Waals surface area contributed by atoms with Gasteiger partial charge in [0.25, 0.3) is 11.8 Å². The van der Waals surface area contributed by atoms with Crippen LogP contribution in [0.1, 0.15) is 34.3 Å². The average Bonchev–Trinajstić information content (AvgIpc) is 2.69. The summed E-state index contributed by atoms with van der Waals surface area (Å²) in [5.41, 5.74) is 2.77. The van der Waals surface area contributed by atoms with E-state index in [4.69, 9.17) is 4.74 Å². The molecule has 2 amide bonds. The number of aryl methyl sites for hydroxylation is 1. The number of carbonyl (C=O) groups excluding carboxylic acids is 2. The van der Waals surface area contributed by atoms with Crippen molar-refractivity contribution in [3.63, 3.8) is 0 Å². The normalized spacial score (nSPS) is 14.6. The summed E-state index contributed by atoms with van der Waals surface area (Å²) < 4.78 is 5.73. The van der Waals surface area contributed by atoms with E-state index in [1.54, 1.807) is 17.0 Å². The Balaban J connectivity index is 1.47. The molecule has 1 aliphatic rings. The Morgan fingerprint density at radius 1 is 1.11 bits per heavy atom. The van der Waals surface area contributed by atoms with E-state index >= 15 is 0 Å². The summed E-state index contributed by atoms with van der Waals surface area (Å²) >= 11 is 4.34. The van der Waals surface area contributed by atoms with Crippen molar-refractivity contribution in [3.8, 4) is 5.75 Å². The first kappa shape index (κ1) is 20.3. The third-order valence-electron chi connectivity index (χ3n) is 5.24. The van der Waals surface area contributed by atoms with Gasteiger partial charge in [-0.05, 0) is 56.0 Å². The monoisotopic (exact) mass is 398 g/mol. The van der Waals surface area contributed by atoms with E-state index in [1.165, 1.54) is 0 Å². The maximum Gasteiger partial charge on any atom is 0.260 e. The van der Waals surface area contributed by atoms with Gasteiger partial charge in [0.2, 0.25) is 0 Å². The van der Waals surface area contributed by atoms with E-state index in [0.717, 1.165) is 29.7 Å². The SMILES string of the molecule is Cc1cccc(OCC(=O)N2CCC(NC(=O)c3ccccc3S)CC2)c1C. The zero-order valence-electron chi connectivity index (χ0n) is 16.3. The number of thiol groups is 1. The van der Waals surface area contributed by atoms with Crippen LogP contribution in [0.4, 0.5) is 0 Å². The maximum atomic E-state index is 12.5. The Kier molecular flexibility index (Phi) is 6.62. The minimum Gasteiger partial charge on any atom is -0.483 e. The van der Waals surface area contributed by atoms with Crippen molar-refractivity contribution < 1.29 is 14.3 Å². The van der Waals surface area contributed by atoms with Gasteiger partial charge in [0.1, 0.15) is 5.75 Å². The van der Waals surface area contributed by atoms with Crippen molar-refractivity contribution in [3.05, 3.63) is 59.2 Å². The summed E-state index contributed by atoms with van der Waals surface area (Å²) in [6, 6.07) is 13.1. The van der Waals surface area contributed by atoms with Crippen LogP contribution in [0.15, 0.2) is 47.4 Å². The minimum atomic E-state index is -0.117. The Bertz CT molecular complexity index is 861. The number of rotatable bonds is 5. The van der Waals surface area contributed by atoms with Crippen LogP contribution in [0.5, 0.6) is 5.75 Å². The largest absolute Gasteiger partial charge is 0.483 e. The summed E-state index contributed by atoms with van der Waals surface area (Å²) in [5, 5.41) is 3.05. The van der Waals surface area contributed by atoms with Gasteiger partial charge in [-0.1, -0.05) is 24.3 Å². The van der Waals surface area contributed by atoms with Gasteiger partial charge in [-0.15, -0.1) is 12.6 Å². The van der Waals surface area contributed by atoms with Gasteiger partial charge in [0, 0.05) is 24.0 Å². The molecule has 0 radical (unpaired) electrons. The molecule has 148 valence electrons. The van der Waals surface area contributed by atoms with E-state index in [1.807, 2.05) is 44.2 Å². The lowest BCUT2D eigenvalue weighted by Crippen LogP contribution is -2.47. The molecule has 1 fully saturated rings. The van der Waals surface area contributed by atoms with Crippen molar-refractivity contribution >= 4 is 24.4 Å². The molecular weight excluding hydrogens is 372 g/mol. The zero-order chi connectivity index (χ0) is 20.1. The highest BCUT2D eigenvalue weighted by Gasteiger charge is 2.25. The Hall–Kier alpha value is -2.47. The second-order valence-corrected chi connectivity index (χ2v) is 7.61. The number of hydrogen-bond donors (Lipinski definition) is 2. The van der Waals surface area contributed by atoms with Crippen LogP contribution < -0.4 is 10.1 Å². The van der Waals surface area contributed by atoms with Crippen LogP contribution in [-0.4, -0.2) is 42.5 Å². The van der Waals surface area contributed by atoms with Crippen LogP contribution in [0.25, 0.3) is 0 Å². The molecule has 0 bridgehead atoms. The molecule has 1 aliphatic heterocycles. The van der Waals surface area contributed by atoms with E-state index in [0.29, 0.717) is 23.5 Å². The molecule has 0 atom stereocenters. The lowest BCUT2D eigenvalue weighted by atomic mass is 10.0. The topological polar surface area (TPSA) is 58.6 Å². The predicted octanol–water partition coefficient (Wildman–Crippen LogP) is 3.39. The first-order chi connectivity index (χ1) is 13.5. The van der Waals surface area contributed by atoms with Crippen LogP contribution in [0.3, 0.4) is 0 Å². The molecule has 2 aromatic carbocycles. The quantitative estimate of drug-likeness (QED) is 0.759. The van der Waals surface area contributed by atoms with Crippen molar-refractivity contribution in [2.75, 3.05) is 19.7 Å². The molecule has 3 rings (SSSR count). The van der Waals surface area contributed by atoms with Gasteiger partial charge >= 0.3 is 0 Å². The molecule has 0 unspecified atom stereocenters. The average molecular weight is 399 g/mol. The second kappa shape index (κ2) is 9.15. The number of carbonyl (C=O) groups is 2. The van der Waals surface area contributed by atoms with Crippen LogP contribution in [0, 0.1) is 13.8 Å². The summed E-state index contributed by atoms with van der Waals surface area (Å²) in [7, 11) is 0. The summed E-state index contributed by atoms with van der Waals surface area (Å²) in [6.07, 6.45) is 1.46. The highest BCUT2D eigenvalue weighted by Crippen LogP contribution is 2.21. The Morgan fingerprint density at radius 2 is 1.82 bits per heavy atom. The molecule has 0 aliphatic carbocycles. The number of piperidine rings is 1. The van der Waals surface area contributed by atoms with Gasteiger partial charge in [-0.25, -0.2) is 0 Å². The first-order valence-corrected chi connectivity index (χ1v) is 9.96. The van der Waals surface area contributed by atoms with Crippen molar-refractivity contribution in [1.29, 1.82) is 0 Å². The van der Waals surface area contributed by atoms with E-state index in [2.05, 4.69) is 17.9 Å². The number of nitrogens with zero attached hydrogens (tertiary/aromatic N) is 1. The van der Waals surface area contributed by atoms with Gasteiger partial charge in [0.05, 0.1) is 5.56 Å². The fourth-order valence-electron chi connectivity index (χ4n) is 3.31. The lowest BCUT2D eigenvalue weighted by molar-refractivity contribution is -0.134. The molecule has 0 spiro atoms. The number of nitrogens with one attached hydrogen (secondary N) is 1. The molecule has 0 saturated carbocycles. The zero-order valence-corrected chi connectivity index (χ0v) is 17.2. The summed E-state index contributed by atoms with van der Waals surface area (Å²) in [4.78, 5) is 27.3. The number of benzene rings is 2. The van der Waals surface area contributed by atoms with Gasteiger partial charge in [0.15, 0.2) is 6.61 Å². The fourth-order valence-corrected chi connectivity index (χ4v) is 3.58. The second-order valence-electron chi connectivity index (χ2n) is 7.13. The minimum absolute atomic E-state index is 0.0219. The Labute approximate surface area is 171 Å². The van der Waals surface area contributed by atoms with Gasteiger partial charge < -0.3 is 15.0 Å². The molecule has 0 aromatic heterocycles. The predicted molar refractivity (Wildman–Crippen MR) is 112 cm³/mol. The number of likely N-dealkylation sites (tertiary alicyclic amines) is 1. The van der Waals surface area contributed by atoms with E-state index in [-0.39, 0.29) is 24.5 Å². The highest BCUT2D eigenvalue weighted by atomic mass is 32.1. The lowest BCUT2D eigenvalue weighted by Gasteiger charge is -2.32. The Morgan fingerprint density at radius 3 is 2.54 bits per heavy atom. The molecule has 1 heterocycles. The maximum absolute atomic E-state index is 12.5. The smallest absolute Gasteiger partial charge is 0.260 e. The third kappa shape index (κ3) is 4.87. The molecule has 5 nitrogen and oxygen atoms in total. The standard InChI is InChI=1S/C22H26N2O3S/c1-15-6-5-8-19(16(15)2)27-14-21(25)24-12-10-17(11-13-24)23-22(26)18-7-3-4-9-20(18)28/h3-9,17,28H,10-14H2,1-2H3,(H,23,26). The van der Waals surface area contributed by atoms with Crippen molar-refractivity contribution in [1.82, 2.24) is 10.2 Å².